The highest BCUT2D eigenvalue weighted by atomic mass is 16.5. The summed E-state index contributed by atoms with van der Waals surface area (Å²) in [6.45, 7) is 9.20. The lowest BCUT2D eigenvalue weighted by Crippen LogP contribution is -2.39. The monoisotopic (exact) mass is 279 g/mol. The third-order valence-corrected chi connectivity index (χ3v) is 3.55. The smallest absolute Gasteiger partial charge is 0.219 e. The molecule has 4 heteroatoms. The number of rotatable bonds is 6. The zero-order valence-electron chi connectivity index (χ0n) is 13.3. The summed E-state index contributed by atoms with van der Waals surface area (Å²) in [6, 6.07) is 5.84. The molecule has 0 spiro atoms. The number of likely N-dealkylation sites (N-methyl/N-ethyl adjacent to an activating group) is 1. The van der Waals surface area contributed by atoms with Crippen molar-refractivity contribution < 1.29 is 14.3 Å². The number of amides is 1. The fourth-order valence-electron chi connectivity index (χ4n) is 2.21. The van der Waals surface area contributed by atoms with E-state index in [9.17, 15) is 4.79 Å². The zero-order chi connectivity index (χ0) is 15.3. The van der Waals surface area contributed by atoms with Crippen molar-refractivity contribution in [3.8, 4) is 11.5 Å². The summed E-state index contributed by atoms with van der Waals surface area (Å²) in [7, 11) is 3.28. The van der Waals surface area contributed by atoms with Gasteiger partial charge in [0.25, 0.3) is 0 Å². The average Bonchev–Trinajstić information content (AvgIpc) is 2.43. The van der Waals surface area contributed by atoms with Gasteiger partial charge in [0, 0.05) is 31.5 Å². The fraction of sp³-hybridized carbons (Fsp3) is 0.562. The third kappa shape index (κ3) is 3.89. The molecule has 0 aromatic heterocycles. The second-order valence-electron chi connectivity index (χ2n) is 5.52. The molecule has 0 saturated heterocycles. The number of hydrogen-bond acceptors (Lipinski definition) is 3. The van der Waals surface area contributed by atoms with Crippen molar-refractivity contribution in [3.05, 3.63) is 23.8 Å². The minimum Gasteiger partial charge on any atom is -0.497 e. The van der Waals surface area contributed by atoms with Crippen LogP contribution in [0.1, 0.15) is 33.3 Å². The van der Waals surface area contributed by atoms with Crippen LogP contribution in [0.4, 0.5) is 0 Å². The third-order valence-electron chi connectivity index (χ3n) is 3.55. The van der Waals surface area contributed by atoms with E-state index in [2.05, 4.69) is 13.8 Å². The number of benzene rings is 1. The molecule has 4 nitrogen and oxygen atoms in total. The molecule has 0 heterocycles. The van der Waals surface area contributed by atoms with Crippen LogP contribution >= 0.6 is 0 Å². The van der Waals surface area contributed by atoms with Gasteiger partial charge >= 0.3 is 0 Å². The van der Waals surface area contributed by atoms with Gasteiger partial charge < -0.3 is 14.4 Å². The van der Waals surface area contributed by atoms with E-state index in [1.807, 2.05) is 30.0 Å². The molecule has 0 aliphatic heterocycles. The lowest BCUT2D eigenvalue weighted by Gasteiger charge is -2.32. The first-order chi connectivity index (χ1) is 9.33. The molecule has 0 aliphatic rings. The topological polar surface area (TPSA) is 38.8 Å². The highest BCUT2D eigenvalue weighted by molar-refractivity contribution is 5.73. The maximum absolute atomic E-state index is 11.6. The number of nitrogens with zero attached hydrogens (tertiary/aromatic N) is 1. The van der Waals surface area contributed by atoms with Gasteiger partial charge in [-0.05, 0) is 24.6 Å². The molecule has 1 aromatic carbocycles. The minimum atomic E-state index is -0.177. The summed E-state index contributed by atoms with van der Waals surface area (Å²) in [4.78, 5) is 13.4. The summed E-state index contributed by atoms with van der Waals surface area (Å²) >= 11 is 0. The molecule has 0 radical (unpaired) electrons. The summed E-state index contributed by atoms with van der Waals surface area (Å²) < 4.78 is 10.6. The molecule has 1 aromatic rings. The Kier molecular flexibility index (Phi) is 5.43. The molecular weight excluding hydrogens is 254 g/mol. The summed E-state index contributed by atoms with van der Waals surface area (Å²) in [5, 5.41) is 0. The van der Waals surface area contributed by atoms with Gasteiger partial charge in [-0.1, -0.05) is 13.8 Å². The van der Waals surface area contributed by atoms with Crippen LogP contribution in [-0.4, -0.2) is 38.1 Å². The molecule has 0 N–H and O–H groups in total. The van der Waals surface area contributed by atoms with Gasteiger partial charge in [0.05, 0.1) is 14.2 Å². The molecular formula is C16H25NO3. The standard InChI is InChI=1S/C16H25NO3/c1-7-17(12(2)18)11-16(3,4)13-8-14(19-5)10-15(9-13)20-6/h8-10H,7,11H2,1-6H3. The average molecular weight is 279 g/mol. The van der Waals surface area contributed by atoms with Gasteiger partial charge in [0.15, 0.2) is 0 Å². The minimum absolute atomic E-state index is 0.0930. The van der Waals surface area contributed by atoms with Crippen molar-refractivity contribution in [2.75, 3.05) is 27.3 Å². The number of carbonyl (C=O) groups is 1. The van der Waals surface area contributed by atoms with Crippen molar-refractivity contribution in [2.45, 2.75) is 33.1 Å². The van der Waals surface area contributed by atoms with Crippen LogP contribution in [0.25, 0.3) is 0 Å². The van der Waals surface area contributed by atoms with Gasteiger partial charge in [-0.25, -0.2) is 0 Å². The first-order valence-electron chi connectivity index (χ1n) is 6.83. The van der Waals surface area contributed by atoms with Crippen molar-refractivity contribution in [1.29, 1.82) is 0 Å². The van der Waals surface area contributed by atoms with Crippen LogP contribution in [-0.2, 0) is 10.2 Å². The normalized spacial score (nSPS) is 11.1. The van der Waals surface area contributed by atoms with Gasteiger partial charge in [0.1, 0.15) is 11.5 Å². The molecule has 0 bridgehead atoms. The van der Waals surface area contributed by atoms with Gasteiger partial charge in [0.2, 0.25) is 5.91 Å². The van der Waals surface area contributed by atoms with Crippen LogP contribution in [0.2, 0.25) is 0 Å². The SMILES string of the molecule is CCN(CC(C)(C)c1cc(OC)cc(OC)c1)C(C)=O. The first kappa shape index (κ1) is 16.3. The van der Waals surface area contributed by atoms with Crippen molar-refractivity contribution in [2.24, 2.45) is 0 Å². The summed E-state index contributed by atoms with van der Waals surface area (Å²) in [6.07, 6.45) is 0. The largest absolute Gasteiger partial charge is 0.497 e. The zero-order valence-corrected chi connectivity index (χ0v) is 13.3. The number of hydrogen-bond donors (Lipinski definition) is 0. The second-order valence-corrected chi connectivity index (χ2v) is 5.52. The van der Waals surface area contributed by atoms with E-state index in [1.165, 1.54) is 0 Å². The van der Waals surface area contributed by atoms with Gasteiger partial charge in [-0.3, -0.25) is 4.79 Å². The van der Waals surface area contributed by atoms with Crippen LogP contribution in [0.5, 0.6) is 11.5 Å². The number of carbonyl (C=O) groups excluding carboxylic acids is 1. The van der Waals surface area contributed by atoms with Crippen LogP contribution in [0.3, 0.4) is 0 Å². The highest BCUT2D eigenvalue weighted by Crippen LogP contribution is 2.31. The van der Waals surface area contributed by atoms with E-state index in [0.717, 1.165) is 17.1 Å². The maximum atomic E-state index is 11.6. The van der Waals surface area contributed by atoms with Crippen LogP contribution < -0.4 is 9.47 Å². The Morgan fingerprint density at radius 2 is 1.65 bits per heavy atom. The van der Waals surface area contributed by atoms with E-state index in [4.69, 9.17) is 9.47 Å². The summed E-state index contributed by atoms with van der Waals surface area (Å²) in [5.41, 5.74) is 0.914. The van der Waals surface area contributed by atoms with E-state index in [1.54, 1.807) is 21.1 Å². The fourth-order valence-corrected chi connectivity index (χ4v) is 2.21. The molecule has 0 unspecified atom stereocenters. The van der Waals surface area contributed by atoms with Crippen molar-refractivity contribution in [3.63, 3.8) is 0 Å². The molecule has 0 saturated carbocycles. The number of methoxy groups -OCH3 is 2. The summed E-state index contributed by atoms with van der Waals surface area (Å²) in [5.74, 6) is 1.62. The molecule has 1 rings (SSSR count). The maximum Gasteiger partial charge on any atom is 0.219 e. The van der Waals surface area contributed by atoms with Crippen molar-refractivity contribution >= 4 is 5.91 Å². The Labute approximate surface area is 121 Å². The van der Waals surface area contributed by atoms with Gasteiger partial charge in [-0.2, -0.15) is 0 Å². The van der Waals surface area contributed by atoms with E-state index in [0.29, 0.717) is 13.1 Å². The Bertz CT molecular complexity index is 447. The molecule has 0 aliphatic carbocycles. The highest BCUT2D eigenvalue weighted by Gasteiger charge is 2.26. The molecule has 112 valence electrons. The Balaban J connectivity index is 3.10. The van der Waals surface area contributed by atoms with Crippen molar-refractivity contribution in [1.82, 2.24) is 4.90 Å². The first-order valence-corrected chi connectivity index (χ1v) is 6.83. The quantitative estimate of drug-likeness (QED) is 0.803. The van der Waals surface area contributed by atoms with E-state index < -0.39 is 0 Å². The molecule has 20 heavy (non-hydrogen) atoms. The number of ether oxygens (including phenoxy) is 2. The second kappa shape index (κ2) is 6.64. The Morgan fingerprint density at radius 3 is 2.00 bits per heavy atom. The molecule has 0 atom stereocenters. The van der Waals surface area contributed by atoms with E-state index >= 15 is 0 Å². The van der Waals surface area contributed by atoms with E-state index in [-0.39, 0.29) is 11.3 Å². The lowest BCUT2D eigenvalue weighted by molar-refractivity contribution is -0.129. The molecule has 0 fully saturated rings. The Morgan fingerprint density at radius 1 is 1.15 bits per heavy atom. The lowest BCUT2D eigenvalue weighted by atomic mass is 9.83. The predicted molar refractivity (Wildman–Crippen MR) is 80.5 cm³/mol. The van der Waals surface area contributed by atoms with Crippen LogP contribution in [0, 0.1) is 0 Å². The Hall–Kier alpha value is -1.71. The van der Waals surface area contributed by atoms with Crippen LogP contribution in [0.15, 0.2) is 18.2 Å². The predicted octanol–water partition coefficient (Wildman–Crippen LogP) is 2.85. The molecule has 1 amide bonds. The van der Waals surface area contributed by atoms with Gasteiger partial charge in [-0.15, -0.1) is 0 Å².